The van der Waals surface area contributed by atoms with Crippen molar-refractivity contribution in [2.45, 2.75) is 27.7 Å². The number of fused-ring (bicyclic) bond motifs is 2. The second-order valence-corrected chi connectivity index (χ2v) is 8.03. The van der Waals surface area contributed by atoms with Crippen molar-refractivity contribution in [3.8, 4) is 22.5 Å². The van der Waals surface area contributed by atoms with E-state index in [2.05, 4.69) is 73.6 Å². The zero-order chi connectivity index (χ0) is 35.5. The Labute approximate surface area is 298 Å². The number of benzene rings is 3. The summed E-state index contributed by atoms with van der Waals surface area (Å²) in [4.78, 5) is 14.3. The van der Waals surface area contributed by atoms with E-state index in [1.165, 1.54) is 0 Å². The van der Waals surface area contributed by atoms with E-state index in [0.717, 1.165) is 65.1 Å². The van der Waals surface area contributed by atoms with E-state index < -0.39 is 5.97 Å². The average molecular weight is 719 g/mol. The van der Waals surface area contributed by atoms with E-state index >= 15 is 0 Å². The smallest absolute Gasteiger partial charge is 0.512 e. The summed E-state index contributed by atoms with van der Waals surface area (Å²) in [5, 5.41) is 49.4. The topological polar surface area (TPSA) is 199 Å². The summed E-state index contributed by atoms with van der Waals surface area (Å²) in [6.45, 7) is 40.6. The number of rotatable bonds is 7. The molecule has 1 aliphatic carbocycles. The van der Waals surface area contributed by atoms with Crippen LogP contribution in [0.2, 0.25) is 0 Å². The van der Waals surface area contributed by atoms with Gasteiger partial charge in [0.05, 0.1) is 11.6 Å². The van der Waals surface area contributed by atoms with E-state index in [9.17, 15) is 9.90 Å². The minimum absolute atomic E-state index is 0. The van der Waals surface area contributed by atoms with Gasteiger partial charge in [-0.2, -0.15) is 0 Å². The fourth-order valence-corrected chi connectivity index (χ4v) is 4.62. The summed E-state index contributed by atoms with van der Waals surface area (Å²) in [5.74, 6) is -0.189. The van der Waals surface area contributed by atoms with Crippen LogP contribution in [0, 0.1) is 71.0 Å². The Morgan fingerprint density at radius 2 is 1.26 bits per heavy atom. The van der Waals surface area contributed by atoms with Crippen molar-refractivity contribution < 1.29 is 48.5 Å². The van der Waals surface area contributed by atoms with Crippen molar-refractivity contribution in [1.82, 2.24) is 4.58 Å². The van der Waals surface area contributed by atoms with E-state index in [-0.39, 0.29) is 39.7 Å². The second-order valence-electron chi connectivity index (χ2n) is 8.03. The van der Waals surface area contributed by atoms with Crippen LogP contribution in [0.25, 0.3) is 33.4 Å². The van der Waals surface area contributed by atoms with Crippen LogP contribution in [0.5, 0.6) is 0 Å². The largest absolute Gasteiger partial charge is 2.00 e. The molecule has 11 nitrogen and oxygen atoms in total. The molecular formula is C34H31CuFeN8O3-2. The van der Waals surface area contributed by atoms with E-state index in [1.807, 2.05) is 12.1 Å². The van der Waals surface area contributed by atoms with Crippen molar-refractivity contribution in [1.29, 1.82) is 31.6 Å². The van der Waals surface area contributed by atoms with E-state index in [0.29, 0.717) is 5.56 Å². The van der Waals surface area contributed by atoms with Crippen LogP contribution < -0.4 is 14.8 Å². The van der Waals surface area contributed by atoms with Crippen LogP contribution in [0.4, 0.5) is 5.69 Å². The third-order valence-electron chi connectivity index (χ3n) is 6.37. The van der Waals surface area contributed by atoms with Gasteiger partial charge >= 0.3 is 40.1 Å². The zero-order valence-corrected chi connectivity index (χ0v) is 28.1. The molecule has 0 saturated carbocycles. The fraction of sp³-hybridized carbons (Fsp3) is 0.235. The first-order chi connectivity index (χ1) is 22.0. The number of anilines is 1. The monoisotopic (exact) mass is 718 g/mol. The Kier molecular flexibility index (Phi) is 33.0. The Morgan fingerprint density at radius 3 is 1.72 bits per heavy atom. The fourth-order valence-electron chi connectivity index (χ4n) is 4.62. The van der Waals surface area contributed by atoms with Gasteiger partial charge in [0.1, 0.15) is 24.4 Å². The molecule has 13 heteroatoms. The van der Waals surface area contributed by atoms with Gasteiger partial charge in [-0.05, 0) is 57.5 Å². The first-order valence-corrected chi connectivity index (χ1v) is 13.0. The maximum Gasteiger partial charge on any atom is 2.00 e. The molecule has 1 N–H and O–H groups in total. The first kappa shape index (κ1) is 51.0. The minimum Gasteiger partial charge on any atom is -0.512 e. The molecule has 4 rings (SSSR count). The second kappa shape index (κ2) is 30.4. The predicted molar refractivity (Wildman–Crippen MR) is 165 cm³/mol. The number of carbonyl (C=O) groups is 1. The molecule has 1 aliphatic heterocycles. The average Bonchev–Trinajstić information content (AvgIpc) is 3.13. The van der Waals surface area contributed by atoms with Crippen molar-refractivity contribution in [2.24, 2.45) is 0 Å². The van der Waals surface area contributed by atoms with Crippen molar-refractivity contribution in [3.05, 3.63) is 111 Å². The van der Waals surface area contributed by atoms with Gasteiger partial charge in [0.25, 0.3) is 0 Å². The molecule has 2 aliphatic rings. The summed E-state index contributed by atoms with van der Waals surface area (Å²) in [7, 11) is 0. The Bertz CT molecular complexity index is 1600. The van der Waals surface area contributed by atoms with Crippen LogP contribution in [-0.4, -0.2) is 37.3 Å². The van der Waals surface area contributed by atoms with E-state index in [1.54, 1.807) is 12.1 Å². The van der Waals surface area contributed by atoms with Gasteiger partial charge in [0, 0.05) is 47.4 Å². The normalized spacial score (nSPS) is 8.09. The van der Waals surface area contributed by atoms with Crippen LogP contribution in [-0.2, 0) is 34.1 Å². The third-order valence-corrected chi connectivity index (χ3v) is 6.37. The molecule has 47 heavy (non-hydrogen) atoms. The van der Waals surface area contributed by atoms with Crippen molar-refractivity contribution >= 4 is 22.6 Å². The summed E-state index contributed by atoms with van der Waals surface area (Å²) in [6, 6.07) is 19.6. The van der Waals surface area contributed by atoms with Gasteiger partial charge in [0.15, 0.2) is 0 Å². The van der Waals surface area contributed by atoms with E-state index in [4.69, 9.17) is 75.4 Å². The molecule has 0 aromatic heterocycles. The maximum atomic E-state index is 12.1. The Balaban J connectivity index is -0.000000379. The Hall–Kier alpha value is -5.62. The zero-order valence-electron chi connectivity index (χ0n) is 26.1. The predicted octanol–water partition coefficient (Wildman–Crippen LogP) is 6.13. The molecule has 246 valence electrons. The number of hydrogen-bond donors (Lipinski definition) is 1. The van der Waals surface area contributed by atoms with Gasteiger partial charge in [-0.25, -0.2) is 9.37 Å². The molecule has 2 aromatic rings. The molecule has 0 spiro atoms. The van der Waals surface area contributed by atoms with Crippen LogP contribution >= 0.6 is 0 Å². The third kappa shape index (κ3) is 13.1. The molecule has 0 atom stereocenters. The van der Waals surface area contributed by atoms with Crippen LogP contribution in [0.1, 0.15) is 38.1 Å². The minimum atomic E-state index is -0.938. The first-order valence-electron chi connectivity index (χ1n) is 13.0. The van der Waals surface area contributed by atoms with Gasteiger partial charge < -0.3 is 85.4 Å². The molecular weight excluding hydrogens is 688 g/mol. The van der Waals surface area contributed by atoms with Crippen LogP contribution in [0.3, 0.4) is 0 Å². The summed E-state index contributed by atoms with van der Waals surface area (Å²) < 4.78 is 8.74. The number of nitrogens with zero attached hydrogens (tertiary/aromatic N) is 8. The molecule has 0 saturated heterocycles. The van der Waals surface area contributed by atoms with Crippen molar-refractivity contribution in [2.75, 3.05) is 31.1 Å². The van der Waals surface area contributed by atoms with Gasteiger partial charge in [-0.1, -0.05) is 18.2 Å². The molecule has 0 unspecified atom stereocenters. The molecule has 1 heterocycles. The number of aromatic carboxylic acids is 1. The Morgan fingerprint density at radius 1 is 0.745 bits per heavy atom. The summed E-state index contributed by atoms with van der Waals surface area (Å²) in [5.41, 5.74) is 4.62. The molecule has 0 radical (unpaired) electrons. The maximum absolute atomic E-state index is 12.1. The number of carboxylic acids is 1. The summed E-state index contributed by atoms with van der Waals surface area (Å²) in [6.07, 6.45) is 0. The van der Waals surface area contributed by atoms with Gasteiger partial charge in [0.2, 0.25) is 5.36 Å². The molecule has 0 amide bonds. The number of hydrogen-bond acceptors (Lipinski definition) is 9. The standard InChI is InChI=1S/C28H30N2O3.6CN.Cu.Fe/c1-5-29(6-2)19-13-15-23-25(17-19)33-26-18-20(30(7-3)8-4)14-16-24(26)27(23)21-11-9-10-12-22(21)28(31)32;6*1-2;;/h9-18H,5-8H2,1-4H3;;;;;;;;/q;6*-1;+1;+2/p+1. The van der Waals surface area contributed by atoms with Gasteiger partial charge in [-0.3, -0.25) is 0 Å². The number of carboxylic acid groups (broad SMARTS) is 1. The van der Waals surface area contributed by atoms with Gasteiger partial charge in [-0.15, -0.1) is 0 Å². The summed E-state index contributed by atoms with van der Waals surface area (Å²) >= 11 is 0. The molecule has 2 aromatic carbocycles. The molecule has 0 fully saturated rings. The van der Waals surface area contributed by atoms with Crippen molar-refractivity contribution in [3.63, 3.8) is 0 Å². The van der Waals surface area contributed by atoms with Crippen LogP contribution in [0.15, 0.2) is 65.1 Å². The SMILES string of the molecule is CCN(CC)c1ccc2c(-c3ccccc3C(=O)O)c3ccc(=[N+](CC)CC)cc-3oc2c1.[C-]#N.[C-]#N.[C-]#N.[C-]#N.[C-]#N.[C-]#N.[Cu+].[Fe+2]. The molecule has 0 bridgehead atoms. The quantitative estimate of drug-likeness (QED) is 0.100.